The van der Waals surface area contributed by atoms with Crippen molar-refractivity contribution in [3.63, 3.8) is 0 Å². The summed E-state index contributed by atoms with van der Waals surface area (Å²) < 4.78 is 5.57. The summed E-state index contributed by atoms with van der Waals surface area (Å²) in [4.78, 5) is 14.1. The molecule has 1 aromatic carbocycles. The summed E-state index contributed by atoms with van der Waals surface area (Å²) in [6.45, 7) is 2.17. The highest BCUT2D eigenvalue weighted by atomic mass is 16.5. The lowest BCUT2D eigenvalue weighted by Crippen LogP contribution is -2.39. The maximum atomic E-state index is 12.2. The Morgan fingerprint density at radius 3 is 2.35 bits per heavy atom. The molecule has 3 heteroatoms. The molecule has 3 nitrogen and oxygen atoms in total. The first-order valence-electron chi connectivity index (χ1n) is 7.62. The molecule has 0 spiro atoms. The van der Waals surface area contributed by atoms with Crippen molar-refractivity contribution in [3.8, 4) is 5.75 Å². The van der Waals surface area contributed by atoms with Gasteiger partial charge in [0.25, 0.3) is 5.91 Å². The number of ether oxygens (including phenoxy) is 1. The molecular weight excluding hydrogens is 250 g/mol. The Balaban J connectivity index is 1.82. The van der Waals surface area contributed by atoms with Crippen LogP contribution in [-0.4, -0.2) is 30.5 Å². The van der Waals surface area contributed by atoms with E-state index in [1.165, 1.54) is 31.2 Å². The van der Waals surface area contributed by atoms with E-state index in [2.05, 4.69) is 0 Å². The molecule has 1 aromatic rings. The summed E-state index contributed by atoms with van der Waals surface area (Å²) in [6.07, 6.45) is 7.35. The van der Waals surface area contributed by atoms with Crippen LogP contribution in [0.3, 0.4) is 0 Å². The lowest BCUT2D eigenvalue weighted by molar-refractivity contribution is -0.134. The Kier molecular flexibility index (Phi) is 5.45. The lowest BCUT2D eigenvalue weighted by Gasteiger charge is -2.27. The third kappa shape index (κ3) is 4.26. The first-order valence-corrected chi connectivity index (χ1v) is 7.62. The van der Waals surface area contributed by atoms with E-state index in [-0.39, 0.29) is 12.5 Å². The largest absolute Gasteiger partial charge is 0.484 e. The minimum atomic E-state index is 0.0810. The first kappa shape index (κ1) is 14.9. The maximum absolute atomic E-state index is 12.2. The predicted molar refractivity (Wildman–Crippen MR) is 80.9 cm³/mol. The minimum absolute atomic E-state index is 0.0810. The second-order valence-electron chi connectivity index (χ2n) is 5.75. The molecule has 2 rings (SSSR count). The lowest BCUT2D eigenvalue weighted by atomic mass is 10.1. The molecule has 20 heavy (non-hydrogen) atoms. The number of hydrogen-bond acceptors (Lipinski definition) is 2. The number of carbonyl (C=O) groups is 1. The molecular formula is C17H25NO2. The molecule has 0 atom stereocenters. The number of carbonyl (C=O) groups excluding carboxylic acids is 1. The van der Waals surface area contributed by atoms with Gasteiger partial charge in [0.1, 0.15) is 5.75 Å². The van der Waals surface area contributed by atoms with E-state index < -0.39 is 0 Å². The summed E-state index contributed by atoms with van der Waals surface area (Å²) in [5, 5.41) is 0. The van der Waals surface area contributed by atoms with E-state index in [4.69, 9.17) is 4.74 Å². The molecule has 1 aliphatic carbocycles. The van der Waals surface area contributed by atoms with Crippen molar-refractivity contribution >= 4 is 5.91 Å². The van der Waals surface area contributed by atoms with E-state index in [1.54, 1.807) is 0 Å². The molecule has 1 amide bonds. The second kappa shape index (κ2) is 7.32. The fourth-order valence-corrected chi connectivity index (χ4v) is 2.73. The van der Waals surface area contributed by atoms with E-state index in [1.807, 2.05) is 43.1 Å². The number of amides is 1. The van der Waals surface area contributed by atoms with Crippen molar-refractivity contribution in [1.82, 2.24) is 4.90 Å². The summed E-state index contributed by atoms with van der Waals surface area (Å²) in [7, 11) is 1.91. The normalized spacial score (nSPS) is 16.5. The zero-order valence-corrected chi connectivity index (χ0v) is 12.6. The molecule has 0 unspecified atom stereocenters. The topological polar surface area (TPSA) is 29.5 Å². The van der Waals surface area contributed by atoms with Crippen LogP contribution in [0, 0.1) is 6.92 Å². The highest BCUT2D eigenvalue weighted by Crippen LogP contribution is 2.21. The Hall–Kier alpha value is -1.51. The van der Waals surface area contributed by atoms with Crippen LogP contribution < -0.4 is 4.74 Å². The van der Waals surface area contributed by atoms with Crippen LogP contribution in [0.5, 0.6) is 5.75 Å². The van der Waals surface area contributed by atoms with Crippen LogP contribution in [0.15, 0.2) is 24.3 Å². The third-order valence-corrected chi connectivity index (χ3v) is 4.15. The molecule has 0 saturated heterocycles. The summed E-state index contributed by atoms with van der Waals surface area (Å²) in [5.41, 5.74) is 1.19. The van der Waals surface area contributed by atoms with Crippen molar-refractivity contribution < 1.29 is 9.53 Å². The Labute approximate surface area is 121 Å². The van der Waals surface area contributed by atoms with Gasteiger partial charge < -0.3 is 9.64 Å². The smallest absolute Gasteiger partial charge is 0.260 e. The highest BCUT2D eigenvalue weighted by molar-refractivity contribution is 5.77. The summed E-state index contributed by atoms with van der Waals surface area (Å²) in [6, 6.07) is 8.21. The summed E-state index contributed by atoms with van der Waals surface area (Å²) in [5.74, 6) is 0.843. The number of nitrogens with zero attached hydrogens (tertiary/aromatic N) is 1. The number of rotatable bonds is 4. The molecule has 1 fully saturated rings. The van der Waals surface area contributed by atoms with Crippen LogP contribution in [0.25, 0.3) is 0 Å². The number of hydrogen-bond donors (Lipinski definition) is 0. The maximum Gasteiger partial charge on any atom is 0.260 e. The zero-order chi connectivity index (χ0) is 14.4. The predicted octanol–water partition coefficient (Wildman–Crippen LogP) is 3.56. The monoisotopic (exact) mass is 275 g/mol. The molecule has 0 radical (unpaired) electrons. The van der Waals surface area contributed by atoms with Crippen molar-refractivity contribution in [3.05, 3.63) is 29.8 Å². The average molecular weight is 275 g/mol. The quantitative estimate of drug-likeness (QED) is 0.786. The fraction of sp³-hybridized carbons (Fsp3) is 0.588. The second-order valence-corrected chi connectivity index (χ2v) is 5.75. The van der Waals surface area contributed by atoms with E-state index >= 15 is 0 Å². The van der Waals surface area contributed by atoms with Crippen molar-refractivity contribution in [2.24, 2.45) is 0 Å². The molecule has 0 bridgehead atoms. The van der Waals surface area contributed by atoms with Crippen LogP contribution in [0.1, 0.15) is 44.1 Å². The van der Waals surface area contributed by atoms with Gasteiger partial charge in [-0.3, -0.25) is 4.79 Å². The van der Waals surface area contributed by atoms with Gasteiger partial charge in [-0.25, -0.2) is 0 Å². The van der Waals surface area contributed by atoms with Gasteiger partial charge in [0.2, 0.25) is 0 Å². The number of aryl methyl sites for hydroxylation is 1. The van der Waals surface area contributed by atoms with E-state index in [0.29, 0.717) is 6.04 Å². The van der Waals surface area contributed by atoms with Gasteiger partial charge in [0.15, 0.2) is 6.61 Å². The van der Waals surface area contributed by atoms with Gasteiger partial charge in [-0.05, 0) is 31.9 Å². The molecule has 1 saturated carbocycles. The standard InChI is InChI=1S/C17H25NO2/c1-14-9-11-16(12-10-14)20-13-17(19)18(2)15-7-5-3-4-6-8-15/h9-12,15H,3-8,13H2,1-2H3. The molecule has 0 N–H and O–H groups in total. The third-order valence-electron chi connectivity index (χ3n) is 4.15. The van der Waals surface area contributed by atoms with Gasteiger partial charge >= 0.3 is 0 Å². The number of likely N-dealkylation sites (N-methyl/N-ethyl adjacent to an activating group) is 1. The number of benzene rings is 1. The van der Waals surface area contributed by atoms with Crippen LogP contribution >= 0.6 is 0 Å². The SMILES string of the molecule is Cc1ccc(OCC(=O)N(C)C2CCCCCC2)cc1. The van der Waals surface area contributed by atoms with Crippen molar-refractivity contribution in [1.29, 1.82) is 0 Å². The van der Waals surface area contributed by atoms with Gasteiger partial charge in [0.05, 0.1) is 0 Å². The van der Waals surface area contributed by atoms with Crippen LogP contribution in [0.2, 0.25) is 0 Å². The fourth-order valence-electron chi connectivity index (χ4n) is 2.73. The van der Waals surface area contributed by atoms with E-state index in [9.17, 15) is 4.79 Å². The molecule has 0 aliphatic heterocycles. The van der Waals surface area contributed by atoms with E-state index in [0.717, 1.165) is 18.6 Å². The van der Waals surface area contributed by atoms with Crippen LogP contribution in [-0.2, 0) is 4.79 Å². The Morgan fingerprint density at radius 1 is 1.15 bits per heavy atom. The van der Waals surface area contributed by atoms with Gasteiger partial charge in [0, 0.05) is 13.1 Å². The zero-order valence-electron chi connectivity index (χ0n) is 12.6. The molecule has 110 valence electrons. The Bertz CT molecular complexity index is 419. The molecule has 0 heterocycles. The summed E-state index contributed by atoms with van der Waals surface area (Å²) >= 11 is 0. The van der Waals surface area contributed by atoms with Gasteiger partial charge in [-0.2, -0.15) is 0 Å². The first-order chi connectivity index (χ1) is 9.66. The Morgan fingerprint density at radius 2 is 1.75 bits per heavy atom. The van der Waals surface area contributed by atoms with Gasteiger partial charge in [-0.1, -0.05) is 43.4 Å². The van der Waals surface area contributed by atoms with Crippen molar-refractivity contribution in [2.75, 3.05) is 13.7 Å². The highest BCUT2D eigenvalue weighted by Gasteiger charge is 2.21. The van der Waals surface area contributed by atoms with Gasteiger partial charge in [-0.15, -0.1) is 0 Å². The molecule has 0 aromatic heterocycles. The average Bonchev–Trinajstić information content (AvgIpc) is 2.74. The minimum Gasteiger partial charge on any atom is -0.484 e. The van der Waals surface area contributed by atoms with Crippen LogP contribution in [0.4, 0.5) is 0 Å². The molecule has 1 aliphatic rings. The van der Waals surface area contributed by atoms with Crippen molar-refractivity contribution in [2.45, 2.75) is 51.5 Å².